The SMILES string of the molecule is CCC(C)(C)Nc1ccc([N+](=O)[O-])cc1C#N. The quantitative estimate of drug-likeness (QED) is 0.640. The number of nitriles is 1. The van der Waals surface area contributed by atoms with E-state index in [0.29, 0.717) is 11.3 Å². The lowest BCUT2D eigenvalue weighted by molar-refractivity contribution is -0.384. The van der Waals surface area contributed by atoms with Gasteiger partial charge in [0, 0.05) is 17.7 Å². The fraction of sp³-hybridized carbons (Fsp3) is 0.417. The summed E-state index contributed by atoms with van der Waals surface area (Å²) < 4.78 is 0. The topological polar surface area (TPSA) is 79.0 Å². The Hall–Kier alpha value is -2.09. The molecule has 0 aliphatic rings. The van der Waals surface area contributed by atoms with Gasteiger partial charge in [-0.05, 0) is 26.3 Å². The molecule has 90 valence electrons. The summed E-state index contributed by atoms with van der Waals surface area (Å²) in [6.07, 6.45) is 0.884. The van der Waals surface area contributed by atoms with E-state index >= 15 is 0 Å². The smallest absolute Gasteiger partial charge is 0.270 e. The van der Waals surface area contributed by atoms with E-state index in [1.807, 2.05) is 26.8 Å². The van der Waals surface area contributed by atoms with E-state index in [-0.39, 0.29) is 11.2 Å². The first kappa shape index (κ1) is 13.0. The molecule has 1 aromatic carbocycles. The summed E-state index contributed by atoms with van der Waals surface area (Å²) in [4.78, 5) is 10.1. The molecule has 17 heavy (non-hydrogen) atoms. The average molecular weight is 233 g/mol. The molecule has 0 aliphatic heterocycles. The van der Waals surface area contributed by atoms with E-state index in [4.69, 9.17) is 5.26 Å². The van der Waals surface area contributed by atoms with Gasteiger partial charge < -0.3 is 5.32 Å². The predicted molar refractivity (Wildman–Crippen MR) is 65.8 cm³/mol. The van der Waals surface area contributed by atoms with Crippen molar-refractivity contribution in [1.29, 1.82) is 5.26 Å². The van der Waals surface area contributed by atoms with Crippen molar-refractivity contribution in [3.05, 3.63) is 33.9 Å². The van der Waals surface area contributed by atoms with Crippen molar-refractivity contribution in [2.45, 2.75) is 32.7 Å². The molecular weight excluding hydrogens is 218 g/mol. The molecule has 0 radical (unpaired) electrons. The molecule has 0 spiro atoms. The molecule has 0 atom stereocenters. The lowest BCUT2D eigenvalue weighted by Gasteiger charge is -2.26. The van der Waals surface area contributed by atoms with Gasteiger partial charge in [-0.15, -0.1) is 0 Å². The summed E-state index contributed by atoms with van der Waals surface area (Å²) in [6, 6.07) is 6.23. The highest BCUT2D eigenvalue weighted by Gasteiger charge is 2.18. The molecule has 5 heteroatoms. The number of nitrogens with one attached hydrogen (secondary N) is 1. The van der Waals surface area contributed by atoms with Gasteiger partial charge in [-0.25, -0.2) is 0 Å². The van der Waals surface area contributed by atoms with Gasteiger partial charge in [0.15, 0.2) is 0 Å². The summed E-state index contributed by atoms with van der Waals surface area (Å²) in [7, 11) is 0. The van der Waals surface area contributed by atoms with Gasteiger partial charge in [-0.3, -0.25) is 10.1 Å². The third-order valence-corrected chi connectivity index (χ3v) is 2.69. The van der Waals surface area contributed by atoms with Crippen LogP contribution < -0.4 is 5.32 Å². The number of rotatable bonds is 4. The van der Waals surface area contributed by atoms with Gasteiger partial charge in [0.2, 0.25) is 0 Å². The first-order valence-corrected chi connectivity index (χ1v) is 5.36. The Morgan fingerprint density at radius 1 is 1.53 bits per heavy atom. The van der Waals surface area contributed by atoms with E-state index < -0.39 is 4.92 Å². The number of anilines is 1. The van der Waals surface area contributed by atoms with E-state index in [2.05, 4.69) is 5.32 Å². The predicted octanol–water partition coefficient (Wildman–Crippen LogP) is 3.07. The number of nitro benzene ring substituents is 1. The monoisotopic (exact) mass is 233 g/mol. The number of nitro groups is 1. The summed E-state index contributed by atoms with van der Waals surface area (Å²) in [5, 5.41) is 22.8. The highest BCUT2D eigenvalue weighted by Crippen LogP contribution is 2.25. The van der Waals surface area contributed by atoms with Crippen molar-refractivity contribution in [3.63, 3.8) is 0 Å². The third kappa shape index (κ3) is 3.18. The Kier molecular flexibility index (Phi) is 3.69. The molecule has 5 nitrogen and oxygen atoms in total. The third-order valence-electron chi connectivity index (χ3n) is 2.69. The molecule has 0 aromatic heterocycles. The van der Waals surface area contributed by atoms with Crippen molar-refractivity contribution in [1.82, 2.24) is 0 Å². The molecule has 0 aliphatic carbocycles. The molecule has 0 unspecified atom stereocenters. The van der Waals surface area contributed by atoms with Crippen LogP contribution in [0.2, 0.25) is 0 Å². The normalized spacial score (nSPS) is 10.7. The van der Waals surface area contributed by atoms with E-state index in [1.54, 1.807) is 6.07 Å². The number of nitrogens with zero attached hydrogens (tertiary/aromatic N) is 2. The van der Waals surface area contributed by atoms with Crippen LogP contribution in [0.5, 0.6) is 0 Å². The molecule has 0 saturated heterocycles. The zero-order valence-electron chi connectivity index (χ0n) is 10.2. The van der Waals surface area contributed by atoms with E-state index in [1.165, 1.54) is 12.1 Å². The second kappa shape index (κ2) is 4.83. The van der Waals surface area contributed by atoms with Gasteiger partial charge in [-0.1, -0.05) is 6.92 Å². The first-order valence-electron chi connectivity index (χ1n) is 5.36. The Labute approximate surface area is 100 Å². The van der Waals surface area contributed by atoms with Crippen molar-refractivity contribution >= 4 is 11.4 Å². The molecule has 0 bridgehead atoms. The summed E-state index contributed by atoms with van der Waals surface area (Å²) in [5.74, 6) is 0. The standard InChI is InChI=1S/C12H15N3O2/c1-4-12(2,3)14-11-6-5-10(15(16)17)7-9(11)8-13/h5-7,14H,4H2,1-3H3. The van der Waals surface area contributed by atoms with Crippen LogP contribution in [0.25, 0.3) is 0 Å². The maximum Gasteiger partial charge on any atom is 0.270 e. The Morgan fingerprint density at radius 2 is 2.18 bits per heavy atom. The molecule has 1 rings (SSSR count). The van der Waals surface area contributed by atoms with Crippen LogP contribution in [-0.2, 0) is 0 Å². The van der Waals surface area contributed by atoms with Crippen LogP contribution in [-0.4, -0.2) is 10.5 Å². The molecule has 1 aromatic rings. The summed E-state index contributed by atoms with van der Waals surface area (Å²) in [6.45, 7) is 6.05. The van der Waals surface area contributed by atoms with Crippen LogP contribution in [0.3, 0.4) is 0 Å². The van der Waals surface area contributed by atoms with Crippen molar-refractivity contribution in [2.24, 2.45) is 0 Å². The van der Waals surface area contributed by atoms with Crippen molar-refractivity contribution in [3.8, 4) is 6.07 Å². The van der Waals surface area contributed by atoms with Crippen LogP contribution in [0, 0.1) is 21.4 Å². The second-order valence-corrected chi connectivity index (χ2v) is 4.46. The highest BCUT2D eigenvalue weighted by atomic mass is 16.6. The van der Waals surface area contributed by atoms with Crippen LogP contribution in [0.15, 0.2) is 18.2 Å². The highest BCUT2D eigenvalue weighted by molar-refractivity contribution is 5.62. The van der Waals surface area contributed by atoms with E-state index in [9.17, 15) is 10.1 Å². The minimum Gasteiger partial charge on any atom is -0.379 e. The molecule has 0 saturated carbocycles. The maximum atomic E-state index is 10.6. The largest absolute Gasteiger partial charge is 0.379 e. The minimum absolute atomic E-state index is 0.0681. The second-order valence-electron chi connectivity index (χ2n) is 4.46. The molecule has 0 heterocycles. The first-order chi connectivity index (χ1) is 7.89. The summed E-state index contributed by atoms with van der Waals surface area (Å²) >= 11 is 0. The zero-order chi connectivity index (χ0) is 13.1. The zero-order valence-corrected chi connectivity index (χ0v) is 10.2. The number of benzene rings is 1. The fourth-order valence-corrected chi connectivity index (χ4v) is 1.30. The van der Waals surface area contributed by atoms with Crippen LogP contribution >= 0.6 is 0 Å². The maximum absolute atomic E-state index is 10.6. The molecular formula is C12H15N3O2. The minimum atomic E-state index is -0.504. The molecule has 0 amide bonds. The Morgan fingerprint density at radius 3 is 2.65 bits per heavy atom. The Bertz CT molecular complexity index is 475. The molecule has 1 N–H and O–H groups in total. The average Bonchev–Trinajstić information content (AvgIpc) is 2.29. The number of non-ortho nitro benzene ring substituents is 1. The van der Waals surface area contributed by atoms with Gasteiger partial charge in [0.25, 0.3) is 5.69 Å². The number of hydrogen-bond acceptors (Lipinski definition) is 4. The van der Waals surface area contributed by atoms with Crippen molar-refractivity contribution < 1.29 is 4.92 Å². The van der Waals surface area contributed by atoms with Gasteiger partial charge in [0.05, 0.1) is 16.2 Å². The fourth-order valence-electron chi connectivity index (χ4n) is 1.30. The lowest BCUT2D eigenvalue weighted by atomic mass is 10.0. The Balaban J connectivity index is 3.11. The molecule has 0 fully saturated rings. The van der Waals surface area contributed by atoms with Gasteiger partial charge in [0.1, 0.15) is 6.07 Å². The van der Waals surface area contributed by atoms with Gasteiger partial charge >= 0.3 is 0 Å². The number of hydrogen-bond donors (Lipinski definition) is 1. The lowest BCUT2D eigenvalue weighted by Crippen LogP contribution is -2.30. The van der Waals surface area contributed by atoms with E-state index in [0.717, 1.165) is 6.42 Å². The van der Waals surface area contributed by atoms with Crippen LogP contribution in [0.4, 0.5) is 11.4 Å². The van der Waals surface area contributed by atoms with Crippen molar-refractivity contribution in [2.75, 3.05) is 5.32 Å². The van der Waals surface area contributed by atoms with Gasteiger partial charge in [-0.2, -0.15) is 5.26 Å². The van der Waals surface area contributed by atoms with Crippen LogP contribution in [0.1, 0.15) is 32.8 Å². The summed E-state index contributed by atoms with van der Waals surface area (Å²) in [5.41, 5.74) is 0.703.